The Kier molecular flexibility index (Phi) is 7.57. The van der Waals surface area contributed by atoms with Gasteiger partial charge in [-0.2, -0.15) is 0 Å². The molecule has 2 aromatic carbocycles. The molecule has 4 rings (SSSR count). The maximum absolute atomic E-state index is 14.5. The van der Waals surface area contributed by atoms with Crippen LogP contribution in [0.5, 0.6) is 11.5 Å². The highest BCUT2D eigenvalue weighted by Gasteiger charge is 2.39. The van der Waals surface area contributed by atoms with E-state index >= 15 is 0 Å². The van der Waals surface area contributed by atoms with Crippen LogP contribution in [0.4, 0.5) is 8.78 Å². The zero-order chi connectivity index (χ0) is 25.1. The van der Waals surface area contributed by atoms with Gasteiger partial charge in [-0.25, -0.2) is 8.78 Å². The monoisotopic (exact) mass is 486 g/mol. The quantitative estimate of drug-likeness (QED) is 0.558. The number of halogens is 2. The Bertz CT molecular complexity index is 1060. The number of carbonyl (C=O) groups excluding carboxylic acids is 2. The van der Waals surface area contributed by atoms with Crippen LogP contribution in [0.15, 0.2) is 36.4 Å². The molecule has 188 valence electrons. The second kappa shape index (κ2) is 10.6. The van der Waals surface area contributed by atoms with Gasteiger partial charge in [-0.15, -0.1) is 0 Å². The number of likely N-dealkylation sites (tertiary alicyclic amines) is 1. The lowest BCUT2D eigenvalue weighted by Crippen LogP contribution is -2.49. The molecule has 1 atom stereocenters. The molecule has 0 radical (unpaired) electrons. The van der Waals surface area contributed by atoms with Crippen LogP contribution in [0.25, 0.3) is 0 Å². The molecule has 1 aliphatic heterocycles. The highest BCUT2D eigenvalue weighted by molar-refractivity contribution is 5.99. The van der Waals surface area contributed by atoms with Gasteiger partial charge in [0.1, 0.15) is 28.7 Å². The first-order valence-corrected chi connectivity index (χ1v) is 12.0. The number of benzene rings is 2. The molecule has 0 bridgehead atoms. The smallest absolute Gasteiger partial charge is 0.261 e. The van der Waals surface area contributed by atoms with Crippen LogP contribution in [-0.4, -0.2) is 62.0 Å². The van der Waals surface area contributed by atoms with Gasteiger partial charge in [0.25, 0.3) is 5.91 Å². The van der Waals surface area contributed by atoms with E-state index in [9.17, 15) is 18.4 Å². The van der Waals surface area contributed by atoms with Gasteiger partial charge >= 0.3 is 0 Å². The Balaban J connectivity index is 1.51. The molecule has 0 aromatic heterocycles. The zero-order valence-corrected chi connectivity index (χ0v) is 20.4. The van der Waals surface area contributed by atoms with Crippen LogP contribution in [0.2, 0.25) is 0 Å². The summed E-state index contributed by atoms with van der Waals surface area (Å²) >= 11 is 0. The van der Waals surface area contributed by atoms with E-state index in [4.69, 9.17) is 9.47 Å². The third kappa shape index (κ3) is 5.41. The molecule has 1 saturated heterocycles. The largest absolute Gasteiger partial charge is 0.496 e. The number of rotatable bonds is 8. The van der Waals surface area contributed by atoms with E-state index in [0.717, 1.165) is 18.9 Å². The topological polar surface area (TPSA) is 59.1 Å². The Labute approximate surface area is 204 Å². The number of methoxy groups -OCH3 is 2. The molecule has 1 heterocycles. The average Bonchev–Trinajstić information content (AvgIpc) is 3.72. The van der Waals surface area contributed by atoms with Crippen molar-refractivity contribution in [3.05, 3.63) is 59.2 Å². The molecule has 2 aliphatic rings. The fraction of sp³-hybridized carbons (Fsp3) is 0.481. The second-order valence-electron chi connectivity index (χ2n) is 9.40. The number of amides is 2. The van der Waals surface area contributed by atoms with Gasteiger partial charge in [-0.3, -0.25) is 9.59 Å². The number of hydrogen-bond acceptors (Lipinski definition) is 4. The summed E-state index contributed by atoms with van der Waals surface area (Å²) in [6.45, 7) is 0.997. The highest BCUT2D eigenvalue weighted by atomic mass is 19.1. The summed E-state index contributed by atoms with van der Waals surface area (Å²) in [5.74, 6) is -0.277. The van der Waals surface area contributed by atoms with E-state index in [1.165, 1.54) is 26.4 Å². The lowest BCUT2D eigenvalue weighted by atomic mass is 9.84. The van der Waals surface area contributed by atoms with Crippen molar-refractivity contribution < 1.29 is 27.8 Å². The molecule has 35 heavy (non-hydrogen) atoms. The van der Waals surface area contributed by atoms with Gasteiger partial charge in [0.2, 0.25) is 5.91 Å². The van der Waals surface area contributed by atoms with Crippen LogP contribution >= 0.6 is 0 Å². The maximum Gasteiger partial charge on any atom is 0.261 e. The van der Waals surface area contributed by atoms with Gasteiger partial charge in [0, 0.05) is 38.2 Å². The molecular formula is C27H32F2N2O4. The lowest BCUT2D eigenvalue weighted by molar-refractivity contribution is -0.134. The predicted molar refractivity (Wildman–Crippen MR) is 128 cm³/mol. The first kappa shape index (κ1) is 24.9. The molecule has 2 amide bonds. The Morgan fingerprint density at radius 3 is 2.20 bits per heavy atom. The number of hydrogen-bond donors (Lipinski definition) is 0. The zero-order valence-electron chi connectivity index (χ0n) is 20.4. The first-order valence-electron chi connectivity index (χ1n) is 12.0. The van der Waals surface area contributed by atoms with Gasteiger partial charge in [0.15, 0.2) is 0 Å². The van der Waals surface area contributed by atoms with Crippen LogP contribution in [-0.2, 0) is 11.2 Å². The molecule has 2 aromatic rings. The van der Waals surface area contributed by atoms with Crippen molar-refractivity contribution in [2.24, 2.45) is 11.8 Å². The maximum atomic E-state index is 14.5. The molecule has 0 unspecified atom stereocenters. The second-order valence-corrected chi connectivity index (χ2v) is 9.40. The fourth-order valence-electron chi connectivity index (χ4n) is 5.02. The Morgan fingerprint density at radius 2 is 1.66 bits per heavy atom. The van der Waals surface area contributed by atoms with Crippen LogP contribution in [0, 0.1) is 23.5 Å². The minimum Gasteiger partial charge on any atom is -0.496 e. The average molecular weight is 487 g/mol. The molecule has 1 aliphatic carbocycles. The van der Waals surface area contributed by atoms with Crippen molar-refractivity contribution in [3.63, 3.8) is 0 Å². The molecule has 1 saturated carbocycles. The summed E-state index contributed by atoms with van der Waals surface area (Å²) in [6, 6.07) is 8.59. The van der Waals surface area contributed by atoms with E-state index in [1.807, 2.05) is 0 Å². The van der Waals surface area contributed by atoms with Crippen LogP contribution in [0.1, 0.15) is 41.6 Å². The van der Waals surface area contributed by atoms with Crippen molar-refractivity contribution in [1.82, 2.24) is 9.80 Å². The van der Waals surface area contributed by atoms with Crippen molar-refractivity contribution in [1.29, 1.82) is 0 Å². The van der Waals surface area contributed by atoms with E-state index in [1.54, 1.807) is 35.0 Å². The SMILES string of the molecule is COc1cccc(OC)c1C(=O)N1CCC([C@H](Cc2ccc(F)cc2F)N(C)C(=O)C2CC2)CC1. The molecule has 8 heteroatoms. The highest BCUT2D eigenvalue weighted by Crippen LogP contribution is 2.35. The van der Waals surface area contributed by atoms with E-state index in [0.29, 0.717) is 55.0 Å². The normalized spacial score (nSPS) is 17.1. The van der Waals surface area contributed by atoms with Crippen LogP contribution < -0.4 is 9.47 Å². The van der Waals surface area contributed by atoms with Crippen molar-refractivity contribution in [3.8, 4) is 11.5 Å². The van der Waals surface area contributed by atoms with E-state index in [-0.39, 0.29) is 29.7 Å². The Hall–Kier alpha value is -3.16. The summed E-state index contributed by atoms with van der Waals surface area (Å²) in [4.78, 5) is 29.8. The summed E-state index contributed by atoms with van der Waals surface area (Å²) in [5.41, 5.74) is 0.783. The van der Waals surface area contributed by atoms with Crippen molar-refractivity contribution in [2.75, 3.05) is 34.4 Å². The lowest BCUT2D eigenvalue weighted by Gasteiger charge is -2.40. The van der Waals surface area contributed by atoms with Gasteiger partial charge in [-0.1, -0.05) is 12.1 Å². The number of piperidine rings is 1. The van der Waals surface area contributed by atoms with E-state index < -0.39 is 11.6 Å². The van der Waals surface area contributed by atoms with Gasteiger partial charge in [-0.05, 0) is 61.8 Å². The summed E-state index contributed by atoms with van der Waals surface area (Å²) in [5, 5.41) is 0. The minimum absolute atomic E-state index is 0.0419. The molecular weight excluding hydrogens is 454 g/mol. The van der Waals surface area contributed by atoms with Gasteiger partial charge < -0.3 is 19.3 Å². The number of carbonyl (C=O) groups is 2. The molecule has 0 spiro atoms. The first-order chi connectivity index (χ1) is 16.8. The molecule has 6 nitrogen and oxygen atoms in total. The fourth-order valence-corrected chi connectivity index (χ4v) is 5.02. The predicted octanol–water partition coefficient (Wildman–Crippen LogP) is 4.31. The third-order valence-electron chi connectivity index (χ3n) is 7.23. The summed E-state index contributed by atoms with van der Waals surface area (Å²) in [7, 11) is 4.82. The van der Waals surface area contributed by atoms with Crippen molar-refractivity contribution >= 4 is 11.8 Å². The third-order valence-corrected chi connectivity index (χ3v) is 7.23. The Morgan fingerprint density at radius 1 is 1.03 bits per heavy atom. The summed E-state index contributed by atoms with van der Waals surface area (Å²) in [6.07, 6.45) is 3.40. The number of nitrogens with zero attached hydrogens (tertiary/aromatic N) is 2. The summed E-state index contributed by atoms with van der Waals surface area (Å²) < 4.78 is 38.7. The standard InChI is InChI=1S/C27H32F2N2O4/c1-30(26(32)18-7-8-18)22(15-19-9-10-20(28)16-21(19)29)17-11-13-31(14-12-17)27(33)25-23(34-2)5-4-6-24(25)35-3/h4-6,9-10,16-18,22H,7-8,11-15H2,1-3H3/t22-/m0/s1. The van der Waals surface area contributed by atoms with E-state index in [2.05, 4.69) is 0 Å². The number of likely N-dealkylation sites (N-methyl/N-ethyl adjacent to an activating group) is 1. The molecule has 2 fully saturated rings. The number of ether oxygens (including phenoxy) is 2. The molecule has 0 N–H and O–H groups in total. The van der Waals surface area contributed by atoms with Gasteiger partial charge in [0.05, 0.1) is 14.2 Å². The van der Waals surface area contributed by atoms with Crippen molar-refractivity contribution in [2.45, 2.75) is 38.1 Å². The minimum atomic E-state index is -0.621. The van der Waals surface area contributed by atoms with Crippen LogP contribution in [0.3, 0.4) is 0 Å².